The number of hydrogen-bond acceptors (Lipinski definition) is 5. The Labute approximate surface area is 163 Å². The highest BCUT2D eigenvalue weighted by Crippen LogP contribution is 2.50. The van der Waals surface area contributed by atoms with Crippen molar-refractivity contribution in [2.45, 2.75) is 31.0 Å². The van der Waals surface area contributed by atoms with E-state index in [1.165, 1.54) is 6.92 Å². The van der Waals surface area contributed by atoms with Crippen molar-refractivity contribution in [3.8, 4) is 5.75 Å². The Hall–Kier alpha value is -2.37. The molecule has 0 fully saturated rings. The molecule has 2 N–H and O–H groups in total. The first kappa shape index (κ1) is 21.9. The van der Waals surface area contributed by atoms with Gasteiger partial charge < -0.3 is 4.74 Å². The van der Waals surface area contributed by atoms with Gasteiger partial charge in [-0.3, -0.25) is 10.1 Å². The first-order chi connectivity index (χ1) is 12.9. The van der Waals surface area contributed by atoms with Crippen molar-refractivity contribution in [3.05, 3.63) is 62.2 Å². The fraction of sp³-hybridized carbons (Fsp3) is 0.250. The van der Waals surface area contributed by atoms with Gasteiger partial charge in [0, 0.05) is 5.56 Å². The van der Waals surface area contributed by atoms with Crippen LogP contribution in [0.5, 0.6) is 5.75 Å². The zero-order chi connectivity index (χ0) is 21.3. The average molecular weight is 439 g/mol. The van der Waals surface area contributed by atoms with E-state index >= 15 is 0 Å². The number of alkyl halides is 3. The van der Waals surface area contributed by atoms with Gasteiger partial charge in [-0.1, -0.05) is 48.9 Å². The summed E-state index contributed by atoms with van der Waals surface area (Å²) in [5, 5.41) is 15.5. The van der Waals surface area contributed by atoms with E-state index in [1.807, 2.05) is 0 Å². The van der Waals surface area contributed by atoms with E-state index in [0.29, 0.717) is 5.56 Å². The molecule has 0 spiro atoms. The van der Waals surface area contributed by atoms with E-state index in [-0.39, 0.29) is 18.6 Å². The van der Waals surface area contributed by atoms with E-state index in [9.17, 15) is 31.7 Å². The summed E-state index contributed by atoms with van der Waals surface area (Å²) in [6, 6.07) is 8.19. The van der Waals surface area contributed by atoms with Crippen molar-refractivity contribution in [1.29, 1.82) is 0 Å². The first-order valence-electron chi connectivity index (χ1n) is 7.69. The summed E-state index contributed by atoms with van der Waals surface area (Å²) in [7, 11) is -5.03. The molecule has 2 aromatic rings. The number of rotatable bonds is 6. The number of nitrogens with zero attached hydrogens (tertiary/aromatic N) is 1. The molecule has 152 valence electrons. The number of hydrogen-bond donors (Lipinski definition) is 1. The second-order valence-corrected chi connectivity index (χ2v) is 7.48. The van der Waals surface area contributed by atoms with Gasteiger partial charge >= 0.3 is 11.9 Å². The van der Waals surface area contributed by atoms with E-state index in [4.69, 9.17) is 21.5 Å². The average Bonchev–Trinajstić information content (AvgIpc) is 2.57. The van der Waals surface area contributed by atoms with Crippen molar-refractivity contribution in [3.63, 3.8) is 0 Å². The fourth-order valence-corrected chi connectivity index (χ4v) is 4.12. The number of halogens is 4. The van der Waals surface area contributed by atoms with Gasteiger partial charge in [-0.25, -0.2) is 13.6 Å². The minimum absolute atomic E-state index is 0.134. The molecule has 7 nitrogen and oxygen atoms in total. The molecule has 0 unspecified atom stereocenters. The largest absolute Gasteiger partial charge is 0.482 e. The molecule has 0 saturated heterocycles. The van der Waals surface area contributed by atoms with Gasteiger partial charge in [0.25, 0.3) is 0 Å². The van der Waals surface area contributed by atoms with E-state index in [2.05, 4.69) is 0 Å². The molecule has 0 aliphatic rings. The molecule has 0 aromatic heterocycles. The number of ether oxygens (including phenoxy) is 1. The number of benzene rings is 2. The standard InChI is InChI=1S/C16H14ClF3N2O5S/c1-2-10-12(17)15(28(21,25)26)11(16(18,19)20)13(22(23)24)14(10)27-8-9-6-4-3-5-7-9/h3-7H,2,8H2,1H3,(H2,21,25,26). The first-order valence-corrected chi connectivity index (χ1v) is 9.61. The number of nitro benzene ring substituents is 1. The minimum Gasteiger partial charge on any atom is -0.482 e. The van der Waals surface area contributed by atoms with Gasteiger partial charge in [-0.05, 0) is 12.0 Å². The zero-order valence-corrected chi connectivity index (χ0v) is 15.9. The summed E-state index contributed by atoms with van der Waals surface area (Å²) in [5.74, 6) is -0.749. The zero-order valence-electron chi connectivity index (χ0n) is 14.3. The SMILES string of the molecule is CCc1c(Cl)c(S(N)(=O)=O)c(C(F)(F)F)c([N+](=O)[O-])c1OCc1ccccc1. The van der Waals surface area contributed by atoms with Crippen LogP contribution in [0.2, 0.25) is 5.02 Å². The Morgan fingerprint density at radius 2 is 1.82 bits per heavy atom. The third-order valence-corrected chi connectivity index (χ3v) is 5.25. The third-order valence-electron chi connectivity index (χ3n) is 3.75. The Kier molecular flexibility index (Phi) is 6.21. The molecule has 0 atom stereocenters. The van der Waals surface area contributed by atoms with Gasteiger partial charge in [-0.2, -0.15) is 13.2 Å². The minimum atomic E-state index is -5.43. The predicted octanol–water partition coefficient (Wildman–Crippen LogP) is 4.06. The predicted molar refractivity (Wildman–Crippen MR) is 94.6 cm³/mol. The number of sulfonamides is 1. The molecule has 2 rings (SSSR count). The Morgan fingerprint density at radius 1 is 1.25 bits per heavy atom. The van der Waals surface area contributed by atoms with E-state index < -0.39 is 48.0 Å². The van der Waals surface area contributed by atoms with Gasteiger partial charge in [0.05, 0.1) is 9.95 Å². The Bertz CT molecular complexity index is 1010. The maximum atomic E-state index is 13.6. The number of primary sulfonamides is 1. The molecule has 0 radical (unpaired) electrons. The molecule has 28 heavy (non-hydrogen) atoms. The molecule has 0 bridgehead atoms. The van der Waals surface area contributed by atoms with Crippen LogP contribution in [0, 0.1) is 10.1 Å². The molecule has 2 aromatic carbocycles. The van der Waals surface area contributed by atoms with Crippen LogP contribution in [0.4, 0.5) is 18.9 Å². The van der Waals surface area contributed by atoms with Crippen LogP contribution < -0.4 is 9.88 Å². The van der Waals surface area contributed by atoms with Crippen molar-refractivity contribution in [2.24, 2.45) is 5.14 Å². The molecule has 0 amide bonds. The highest BCUT2D eigenvalue weighted by atomic mass is 35.5. The van der Waals surface area contributed by atoms with E-state index in [1.54, 1.807) is 30.3 Å². The van der Waals surface area contributed by atoms with Crippen LogP contribution in [0.1, 0.15) is 23.6 Å². The molecule has 0 heterocycles. The molecule has 0 aliphatic heterocycles. The number of nitrogens with two attached hydrogens (primary N) is 1. The van der Waals surface area contributed by atoms with Crippen LogP contribution in [-0.4, -0.2) is 13.3 Å². The summed E-state index contributed by atoms with van der Waals surface area (Å²) >= 11 is 5.91. The summed E-state index contributed by atoms with van der Waals surface area (Å²) in [6.07, 6.45) is -5.56. The Balaban J connectivity index is 2.87. The lowest BCUT2D eigenvalue weighted by molar-refractivity contribution is -0.389. The quantitative estimate of drug-likeness (QED) is 0.540. The molecular weight excluding hydrogens is 425 g/mol. The highest BCUT2D eigenvalue weighted by Gasteiger charge is 2.48. The van der Waals surface area contributed by atoms with Crippen molar-refractivity contribution >= 4 is 27.3 Å². The molecule has 0 aliphatic carbocycles. The molecule has 12 heteroatoms. The lowest BCUT2D eigenvalue weighted by Gasteiger charge is -2.19. The van der Waals surface area contributed by atoms with Gasteiger partial charge in [-0.15, -0.1) is 0 Å². The van der Waals surface area contributed by atoms with Gasteiger partial charge in [0.15, 0.2) is 5.56 Å². The highest BCUT2D eigenvalue weighted by molar-refractivity contribution is 7.89. The van der Waals surface area contributed by atoms with Crippen LogP contribution in [0.3, 0.4) is 0 Å². The topological polar surface area (TPSA) is 113 Å². The Morgan fingerprint density at radius 3 is 2.25 bits per heavy atom. The maximum Gasteiger partial charge on any atom is 0.424 e. The smallest absolute Gasteiger partial charge is 0.424 e. The lowest BCUT2D eigenvalue weighted by atomic mass is 10.0. The van der Waals surface area contributed by atoms with Crippen LogP contribution >= 0.6 is 11.6 Å². The summed E-state index contributed by atoms with van der Waals surface area (Å²) in [6.45, 7) is 1.14. The summed E-state index contributed by atoms with van der Waals surface area (Å²) in [5.41, 5.74) is -3.35. The lowest BCUT2D eigenvalue weighted by Crippen LogP contribution is -2.22. The van der Waals surface area contributed by atoms with E-state index in [0.717, 1.165) is 0 Å². The monoisotopic (exact) mass is 438 g/mol. The number of nitro groups is 1. The van der Waals surface area contributed by atoms with Crippen LogP contribution in [-0.2, 0) is 29.2 Å². The molecular formula is C16H14ClF3N2O5S. The molecule has 0 saturated carbocycles. The summed E-state index contributed by atoms with van der Waals surface area (Å²) < 4.78 is 69.8. The van der Waals surface area contributed by atoms with Crippen LogP contribution in [0.15, 0.2) is 35.2 Å². The second kappa shape index (κ2) is 7.94. The van der Waals surface area contributed by atoms with Gasteiger partial charge in [0.2, 0.25) is 15.8 Å². The van der Waals surface area contributed by atoms with Crippen molar-refractivity contribution in [2.75, 3.05) is 0 Å². The third kappa shape index (κ3) is 4.37. The van der Waals surface area contributed by atoms with Gasteiger partial charge in [0.1, 0.15) is 11.5 Å². The maximum absolute atomic E-state index is 13.6. The van der Waals surface area contributed by atoms with Crippen molar-refractivity contribution < 1.29 is 31.2 Å². The van der Waals surface area contributed by atoms with Crippen LogP contribution in [0.25, 0.3) is 0 Å². The van der Waals surface area contributed by atoms with Crippen molar-refractivity contribution in [1.82, 2.24) is 0 Å². The second-order valence-electron chi connectivity index (χ2n) is 5.60. The summed E-state index contributed by atoms with van der Waals surface area (Å²) in [4.78, 5) is 8.61. The fourth-order valence-electron chi connectivity index (χ4n) is 2.62. The normalized spacial score (nSPS) is 12.1.